The van der Waals surface area contributed by atoms with Crippen LogP contribution in [0.1, 0.15) is 20.3 Å². The van der Waals surface area contributed by atoms with Crippen LogP contribution in [0.15, 0.2) is 27.6 Å². The summed E-state index contributed by atoms with van der Waals surface area (Å²) in [7, 11) is -3.61. The largest absolute Gasteiger partial charge is 0.393 e. The Hall–Kier alpha value is -0.210. The molecule has 0 heterocycles. The van der Waals surface area contributed by atoms with Crippen molar-refractivity contribution in [3.05, 3.63) is 27.7 Å². The number of benzene rings is 1. The number of nitrogens with zero attached hydrogens (tertiary/aromatic N) is 1. The average molecular weight is 400 g/mol. The first-order chi connectivity index (χ1) is 9.16. The van der Waals surface area contributed by atoms with E-state index in [0.717, 1.165) is 0 Å². The second kappa shape index (κ2) is 7.17. The summed E-state index contributed by atoms with van der Waals surface area (Å²) in [6, 6.07) is 4.33. The number of rotatable bonds is 6. The van der Waals surface area contributed by atoms with Crippen LogP contribution in [-0.4, -0.2) is 30.3 Å². The molecule has 2 N–H and O–H groups in total. The van der Waals surface area contributed by atoms with Gasteiger partial charge in [0.05, 0.1) is 14.9 Å². The van der Waals surface area contributed by atoms with Crippen LogP contribution in [0.5, 0.6) is 0 Å². The molecule has 0 saturated carbocycles. The summed E-state index contributed by atoms with van der Waals surface area (Å²) >= 11 is 13.9. The highest BCUT2D eigenvalue weighted by Gasteiger charge is 2.27. The van der Waals surface area contributed by atoms with E-state index in [1.54, 1.807) is 6.07 Å². The molecule has 0 radical (unpaired) electrons. The Morgan fingerprint density at radius 1 is 1.50 bits per heavy atom. The van der Waals surface area contributed by atoms with Gasteiger partial charge in [-0.1, -0.05) is 23.8 Å². The van der Waals surface area contributed by atoms with E-state index >= 15 is 0 Å². The lowest BCUT2D eigenvalue weighted by Crippen LogP contribution is -2.38. The molecule has 1 aromatic rings. The molecule has 112 valence electrons. The van der Waals surface area contributed by atoms with Gasteiger partial charge < -0.3 is 5.73 Å². The summed E-state index contributed by atoms with van der Waals surface area (Å²) in [6.07, 6.45) is 0.349. The third-order valence-electron chi connectivity index (χ3n) is 2.65. The molecule has 0 atom stereocenters. The highest BCUT2D eigenvalue weighted by atomic mass is 79.9. The summed E-state index contributed by atoms with van der Waals surface area (Å²) in [6.45, 7) is 3.87. The van der Waals surface area contributed by atoms with Gasteiger partial charge in [0.1, 0.15) is 0 Å². The van der Waals surface area contributed by atoms with Crippen molar-refractivity contribution in [2.24, 2.45) is 5.73 Å². The Morgan fingerprint density at radius 3 is 2.55 bits per heavy atom. The maximum atomic E-state index is 12.6. The molecule has 0 amide bonds. The molecule has 8 heteroatoms. The zero-order valence-electron chi connectivity index (χ0n) is 11.1. The number of halogens is 2. The minimum Gasteiger partial charge on any atom is -0.393 e. The van der Waals surface area contributed by atoms with Crippen LogP contribution in [0.25, 0.3) is 0 Å². The quantitative estimate of drug-likeness (QED) is 0.746. The minimum absolute atomic E-state index is 0.186. The van der Waals surface area contributed by atoms with E-state index in [-0.39, 0.29) is 17.5 Å². The second-order valence-electron chi connectivity index (χ2n) is 4.50. The standard InChI is InChI=1S/C12H16BrClN2O2S2/c1-8(2)16(6-5-12(15)19)20(17,18)9-3-4-11(14)10(13)7-9/h3-4,7-8H,5-6H2,1-2H3,(H2,15,19). The van der Waals surface area contributed by atoms with E-state index in [1.165, 1.54) is 16.4 Å². The highest BCUT2D eigenvalue weighted by Crippen LogP contribution is 2.27. The zero-order chi connectivity index (χ0) is 15.5. The van der Waals surface area contributed by atoms with Crippen molar-refractivity contribution in [1.82, 2.24) is 4.31 Å². The molecule has 0 aliphatic carbocycles. The first kappa shape index (κ1) is 17.8. The molecule has 0 saturated heterocycles. The van der Waals surface area contributed by atoms with Gasteiger partial charge in [0.25, 0.3) is 0 Å². The third-order valence-corrected chi connectivity index (χ3v) is 6.14. The Labute approximate surface area is 138 Å². The molecule has 0 spiro atoms. The molecule has 1 rings (SSSR count). The maximum Gasteiger partial charge on any atom is 0.243 e. The highest BCUT2D eigenvalue weighted by molar-refractivity contribution is 9.10. The molecule has 20 heavy (non-hydrogen) atoms. The first-order valence-electron chi connectivity index (χ1n) is 5.91. The van der Waals surface area contributed by atoms with Gasteiger partial charge in [-0.25, -0.2) is 8.42 Å². The van der Waals surface area contributed by atoms with Crippen molar-refractivity contribution >= 4 is 54.8 Å². The summed E-state index contributed by atoms with van der Waals surface area (Å²) in [4.78, 5) is 0.480. The van der Waals surface area contributed by atoms with Crippen molar-refractivity contribution in [3.8, 4) is 0 Å². The number of hydrogen-bond donors (Lipinski definition) is 1. The van der Waals surface area contributed by atoms with Gasteiger partial charge in [-0.15, -0.1) is 0 Å². The molecular formula is C12H16BrClN2O2S2. The molecule has 1 aromatic carbocycles. The topological polar surface area (TPSA) is 63.4 Å². The van der Waals surface area contributed by atoms with Crippen molar-refractivity contribution < 1.29 is 8.42 Å². The average Bonchev–Trinajstić information content (AvgIpc) is 2.31. The van der Waals surface area contributed by atoms with Gasteiger partial charge in [-0.05, 0) is 48.0 Å². The van der Waals surface area contributed by atoms with Crippen LogP contribution in [0.3, 0.4) is 0 Å². The van der Waals surface area contributed by atoms with E-state index in [9.17, 15) is 8.42 Å². The lowest BCUT2D eigenvalue weighted by atomic mass is 10.3. The lowest BCUT2D eigenvalue weighted by Gasteiger charge is -2.25. The SMILES string of the molecule is CC(C)N(CCC(N)=S)S(=O)(=O)c1ccc(Cl)c(Br)c1. The van der Waals surface area contributed by atoms with Gasteiger partial charge in [-0.2, -0.15) is 4.31 Å². The summed E-state index contributed by atoms with van der Waals surface area (Å²) in [5.41, 5.74) is 5.45. The van der Waals surface area contributed by atoms with Gasteiger partial charge in [0.15, 0.2) is 0 Å². The number of thiocarbonyl (C=S) groups is 1. The fraction of sp³-hybridized carbons (Fsp3) is 0.417. The smallest absolute Gasteiger partial charge is 0.243 e. The van der Waals surface area contributed by atoms with Crippen LogP contribution >= 0.6 is 39.7 Å². The Morgan fingerprint density at radius 2 is 2.10 bits per heavy atom. The molecule has 0 bridgehead atoms. The Bertz CT molecular complexity index is 605. The van der Waals surface area contributed by atoms with Crippen LogP contribution < -0.4 is 5.73 Å². The summed E-state index contributed by atoms with van der Waals surface area (Å²) < 4.78 is 27.2. The van der Waals surface area contributed by atoms with Crippen LogP contribution in [0, 0.1) is 0 Å². The first-order valence-corrected chi connectivity index (χ1v) is 8.93. The zero-order valence-corrected chi connectivity index (χ0v) is 15.1. The van der Waals surface area contributed by atoms with Crippen LogP contribution in [-0.2, 0) is 10.0 Å². The molecule has 0 fully saturated rings. The van der Waals surface area contributed by atoms with E-state index in [0.29, 0.717) is 20.9 Å². The van der Waals surface area contributed by atoms with Crippen LogP contribution in [0.4, 0.5) is 0 Å². The summed E-state index contributed by atoms with van der Waals surface area (Å²) in [5, 5.41) is 0.461. The summed E-state index contributed by atoms with van der Waals surface area (Å²) in [5.74, 6) is 0. The molecule has 0 aromatic heterocycles. The fourth-order valence-electron chi connectivity index (χ4n) is 1.65. The Kier molecular flexibility index (Phi) is 6.40. The van der Waals surface area contributed by atoms with E-state index in [4.69, 9.17) is 29.6 Å². The lowest BCUT2D eigenvalue weighted by molar-refractivity contribution is 0.362. The van der Waals surface area contributed by atoms with Crippen LogP contribution in [0.2, 0.25) is 5.02 Å². The third kappa shape index (κ3) is 4.39. The van der Waals surface area contributed by atoms with Crippen molar-refractivity contribution in [1.29, 1.82) is 0 Å². The van der Waals surface area contributed by atoms with E-state index in [2.05, 4.69) is 15.9 Å². The minimum atomic E-state index is -3.61. The fourth-order valence-corrected chi connectivity index (χ4v) is 4.05. The number of nitrogens with two attached hydrogens (primary N) is 1. The predicted octanol–water partition coefficient (Wildman–Crippen LogP) is 3.18. The molecule has 0 aliphatic rings. The van der Waals surface area contributed by atoms with Crippen molar-refractivity contribution in [2.45, 2.75) is 31.2 Å². The second-order valence-corrected chi connectivity index (χ2v) is 8.18. The van der Waals surface area contributed by atoms with E-state index < -0.39 is 10.0 Å². The molecule has 0 unspecified atom stereocenters. The normalized spacial score (nSPS) is 12.1. The van der Waals surface area contributed by atoms with Gasteiger partial charge in [0, 0.05) is 23.5 Å². The van der Waals surface area contributed by atoms with Crippen molar-refractivity contribution in [2.75, 3.05) is 6.54 Å². The predicted molar refractivity (Wildman–Crippen MR) is 89.6 cm³/mol. The van der Waals surface area contributed by atoms with E-state index in [1.807, 2.05) is 13.8 Å². The maximum absolute atomic E-state index is 12.6. The van der Waals surface area contributed by atoms with Gasteiger partial charge in [-0.3, -0.25) is 0 Å². The molecule has 0 aliphatic heterocycles. The molecular weight excluding hydrogens is 384 g/mol. The number of hydrogen-bond acceptors (Lipinski definition) is 3. The monoisotopic (exact) mass is 398 g/mol. The number of sulfonamides is 1. The van der Waals surface area contributed by atoms with Crippen molar-refractivity contribution in [3.63, 3.8) is 0 Å². The molecule has 4 nitrogen and oxygen atoms in total. The van der Waals surface area contributed by atoms with Gasteiger partial charge >= 0.3 is 0 Å². The Balaban J connectivity index is 3.15. The van der Waals surface area contributed by atoms with Gasteiger partial charge in [0.2, 0.25) is 10.0 Å².